The zero-order valence-corrected chi connectivity index (χ0v) is 5.71. The van der Waals surface area contributed by atoms with Crippen LogP contribution in [0.25, 0.3) is 0 Å². The molecule has 0 saturated carbocycles. The van der Waals surface area contributed by atoms with E-state index in [9.17, 15) is 4.79 Å². The second-order valence-corrected chi connectivity index (χ2v) is 2.04. The Bertz CT molecular complexity index is 249. The molecule has 2 N–H and O–H groups in total. The van der Waals surface area contributed by atoms with Crippen LogP contribution in [0.3, 0.4) is 0 Å². The molecule has 0 bridgehead atoms. The van der Waals surface area contributed by atoms with Crippen molar-refractivity contribution in [1.82, 2.24) is 9.69 Å². The van der Waals surface area contributed by atoms with Crippen LogP contribution in [0, 0.1) is 0 Å². The van der Waals surface area contributed by atoms with Gasteiger partial charge in [0.1, 0.15) is 6.19 Å². The first-order valence-corrected chi connectivity index (χ1v) is 3.06. The SMILES string of the molecule is O=CBn1cc(B(O)O)cn1. The zero-order chi connectivity index (χ0) is 8.27. The second-order valence-electron chi connectivity index (χ2n) is 2.04. The van der Waals surface area contributed by atoms with Crippen molar-refractivity contribution >= 4 is 26.2 Å². The number of carbonyl (C=O) groups is 1. The van der Waals surface area contributed by atoms with Crippen LogP contribution in [0.15, 0.2) is 12.4 Å². The third-order valence-corrected chi connectivity index (χ3v) is 1.21. The molecule has 1 rings (SSSR count). The number of nitrogens with zero attached hydrogens (tertiary/aromatic N) is 2. The van der Waals surface area contributed by atoms with Crippen molar-refractivity contribution in [2.75, 3.05) is 0 Å². The summed E-state index contributed by atoms with van der Waals surface area (Å²) in [7, 11) is -1.39. The third kappa shape index (κ3) is 1.92. The summed E-state index contributed by atoms with van der Waals surface area (Å²) in [6.07, 6.45) is 3.38. The summed E-state index contributed by atoms with van der Waals surface area (Å²) < 4.78 is 1.32. The Morgan fingerprint density at radius 2 is 2.45 bits per heavy atom. The largest absolute Gasteiger partial charge is 0.491 e. The minimum absolute atomic E-state index is 0.132. The molecule has 0 atom stereocenters. The molecule has 7 heteroatoms. The van der Waals surface area contributed by atoms with Gasteiger partial charge < -0.3 is 19.4 Å². The number of hydrogen-bond acceptors (Lipinski definition) is 4. The minimum atomic E-state index is -1.52. The van der Waals surface area contributed by atoms with Gasteiger partial charge in [0.15, 0.2) is 0 Å². The van der Waals surface area contributed by atoms with Gasteiger partial charge in [0.05, 0.1) is 0 Å². The fourth-order valence-corrected chi connectivity index (χ4v) is 0.689. The molecule has 0 aromatic carbocycles. The molecule has 0 unspecified atom stereocenters. The van der Waals surface area contributed by atoms with Crippen LogP contribution in [0.1, 0.15) is 0 Å². The van der Waals surface area contributed by atoms with Crippen molar-refractivity contribution in [3.63, 3.8) is 0 Å². The molecule has 0 fully saturated rings. The Morgan fingerprint density at radius 3 is 2.91 bits per heavy atom. The van der Waals surface area contributed by atoms with Gasteiger partial charge in [0.2, 0.25) is 0 Å². The molecule has 56 valence electrons. The fraction of sp³-hybridized carbons (Fsp3) is 0. The summed E-state index contributed by atoms with van der Waals surface area (Å²) in [5, 5.41) is 20.9. The maximum Gasteiger partial charge on any atom is 0.491 e. The van der Waals surface area contributed by atoms with Crippen LogP contribution >= 0.6 is 0 Å². The van der Waals surface area contributed by atoms with Crippen LogP contribution < -0.4 is 5.46 Å². The molecular weight excluding hydrogens is 146 g/mol. The van der Waals surface area contributed by atoms with Gasteiger partial charge in [0, 0.05) is 17.9 Å². The van der Waals surface area contributed by atoms with E-state index < -0.39 is 7.12 Å². The van der Waals surface area contributed by atoms with Gasteiger partial charge in [-0.25, -0.2) is 0 Å². The topological polar surface area (TPSA) is 75.4 Å². The number of aromatic nitrogens is 2. The number of hydrogen-bond donors (Lipinski definition) is 2. The zero-order valence-electron chi connectivity index (χ0n) is 5.71. The highest BCUT2D eigenvalue weighted by atomic mass is 16.4. The Labute approximate surface area is 64.1 Å². The van der Waals surface area contributed by atoms with E-state index >= 15 is 0 Å². The molecule has 5 nitrogen and oxygen atoms in total. The Hall–Kier alpha value is -1.07. The minimum Gasteiger partial charge on any atom is -0.423 e. The Kier molecular flexibility index (Phi) is 2.45. The van der Waals surface area contributed by atoms with E-state index in [2.05, 4.69) is 5.10 Å². The lowest BCUT2D eigenvalue weighted by Gasteiger charge is -1.89. The third-order valence-electron chi connectivity index (χ3n) is 1.21. The lowest BCUT2D eigenvalue weighted by molar-refractivity contribution is 0.426. The quantitative estimate of drug-likeness (QED) is 0.356. The van der Waals surface area contributed by atoms with Gasteiger partial charge in [-0.3, -0.25) is 0 Å². The van der Waals surface area contributed by atoms with Crippen LogP contribution in [-0.4, -0.2) is 40.5 Å². The van der Waals surface area contributed by atoms with Gasteiger partial charge in [0.25, 0.3) is 0 Å². The predicted molar refractivity (Wildman–Crippen MR) is 41.4 cm³/mol. The highest BCUT2D eigenvalue weighted by Crippen LogP contribution is 1.78. The summed E-state index contributed by atoms with van der Waals surface area (Å²) in [4.78, 5) is 9.97. The molecule has 0 aliphatic carbocycles. The fourth-order valence-electron chi connectivity index (χ4n) is 0.689. The van der Waals surface area contributed by atoms with Crippen LogP contribution in [0.2, 0.25) is 0 Å². The van der Waals surface area contributed by atoms with Crippen molar-refractivity contribution in [3.05, 3.63) is 12.4 Å². The van der Waals surface area contributed by atoms with Gasteiger partial charge >= 0.3 is 14.5 Å². The van der Waals surface area contributed by atoms with E-state index in [-0.39, 0.29) is 12.9 Å². The van der Waals surface area contributed by atoms with Crippen molar-refractivity contribution in [2.24, 2.45) is 0 Å². The van der Waals surface area contributed by atoms with Crippen molar-refractivity contribution < 1.29 is 14.8 Å². The first-order valence-electron chi connectivity index (χ1n) is 3.06. The second kappa shape index (κ2) is 3.36. The number of rotatable bonds is 3. The monoisotopic (exact) mass is 152 g/mol. The van der Waals surface area contributed by atoms with Crippen LogP contribution in [0.4, 0.5) is 0 Å². The average molecular weight is 152 g/mol. The van der Waals surface area contributed by atoms with Gasteiger partial charge in [-0.15, -0.1) is 0 Å². The first-order chi connectivity index (χ1) is 5.24. The van der Waals surface area contributed by atoms with Gasteiger partial charge in [-0.1, -0.05) is 0 Å². The van der Waals surface area contributed by atoms with E-state index in [1.807, 2.05) is 0 Å². The molecule has 0 amide bonds. The lowest BCUT2D eigenvalue weighted by Crippen LogP contribution is -2.28. The summed E-state index contributed by atoms with van der Waals surface area (Å²) in [6, 6.07) is 0. The van der Waals surface area contributed by atoms with Crippen molar-refractivity contribution in [3.8, 4) is 0 Å². The summed E-state index contributed by atoms with van der Waals surface area (Å²) >= 11 is 0. The van der Waals surface area contributed by atoms with Crippen LogP contribution in [-0.2, 0) is 4.79 Å². The maximum atomic E-state index is 9.97. The lowest BCUT2D eigenvalue weighted by atomic mass is 9.83. The molecule has 1 aromatic rings. The molecule has 1 heterocycles. The van der Waals surface area contributed by atoms with Crippen LogP contribution in [0.5, 0.6) is 0 Å². The van der Waals surface area contributed by atoms with E-state index in [0.717, 1.165) is 0 Å². The highest BCUT2D eigenvalue weighted by Gasteiger charge is 2.12. The summed E-state index contributed by atoms with van der Waals surface area (Å²) in [6.45, 7) is 0. The van der Waals surface area contributed by atoms with Crippen molar-refractivity contribution in [2.45, 2.75) is 0 Å². The summed E-state index contributed by atoms with van der Waals surface area (Å²) in [5.41, 5.74) is 0.284. The molecule has 0 spiro atoms. The van der Waals surface area contributed by atoms with Gasteiger partial charge in [-0.2, -0.15) is 5.10 Å². The molecule has 11 heavy (non-hydrogen) atoms. The van der Waals surface area contributed by atoms with E-state index in [4.69, 9.17) is 10.0 Å². The smallest absolute Gasteiger partial charge is 0.423 e. The van der Waals surface area contributed by atoms with Crippen molar-refractivity contribution in [1.29, 1.82) is 0 Å². The van der Waals surface area contributed by atoms with Gasteiger partial charge in [-0.05, 0) is 0 Å². The normalized spacial score (nSPS) is 9.27. The van der Waals surface area contributed by atoms with E-state index in [1.165, 1.54) is 17.0 Å². The molecule has 0 saturated heterocycles. The summed E-state index contributed by atoms with van der Waals surface area (Å²) in [5.74, 6) is 0. The Morgan fingerprint density at radius 1 is 1.73 bits per heavy atom. The molecule has 0 radical (unpaired) electrons. The molecule has 0 aliphatic heterocycles. The van der Waals surface area contributed by atoms with E-state index in [0.29, 0.717) is 6.19 Å². The standard InChI is InChI=1S/C4H6B2N2O3/c9-3-5-8-2-4(1-7-8)6(10)11/h1-3,5,10-11H. The highest BCUT2D eigenvalue weighted by molar-refractivity contribution is 6.65. The first kappa shape index (κ1) is 8.03. The Balaban J connectivity index is 2.73. The maximum absolute atomic E-state index is 9.97. The molecular formula is C4H6B2N2O3. The average Bonchev–Trinajstić information content (AvgIpc) is 2.37. The predicted octanol–water partition coefficient (Wildman–Crippen LogP) is -3.05. The molecule has 0 aliphatic rings. The molecule has 1 aromatic heterocycles. The van der Waals surface area contributed by atoms with E-state index in [1.54, 1.807) is 0 Å². The number of carbonyl (C=O) groups excluding carboxylic acids is 1.